The Morgan fingerprint density at radius 2 is 2.20 bits per heavy atom. The van der Waals surface area contributed by atoms with Gasteiger partial charge in [0, 0.05) is 23.7 Å². The van der Waals surface area contributed by atoms with Gasteiger partial charge in [-0.15, -0.1) is 0 Å². The highest BCUT2D eigenvalue weighted by Crippen LogP contribution is 2.34. The number of aromatic carboxylic acids is 1. The second kappa shape index (κ2) is 4.19. The summed E-state index contributed by atoms with van der Waals surface area (Å²) in [6.45, 7) is 1.85. The van der Waals surface area contributed by atoms with E-state index in [9.17, 15) is 9.18 Å². The van der Waals surface area contributed by atoms with Crippen LogP contribution < -0.4 is 0 Å². The van der Waals surface area contributed by atoms with Gasteiger partial charge in [0.25, 0.3) is 0 Å². The average molecular weight is 273 g/mol. The number of aryl methyl sites for hydroxylation is 1. The number of carboxylic acids is 1. The fraction of sp³-hybridized carbons (Fsp3) is 0.143. The van der Waals surface area contributed by atoms with E-state index in [0.717, 1.165) is 11.2 Å². The van der Waals surface area contributed by atoms with Crippen molar-refractivity contribution >= 4 is 16.9 Å². The van der Waals surface area contributed by atoms with Crippen LogP contribution in [-0.4, -0.2) is 25.8 Å². The Labute approximate surface area is 113 Å². The lowest BCUT2D eigenvalue weighted by atomic mass is 10.1. The SMILES string of the molecule is Cc1c(-c2cc(C(=O)O)[nH]n2)c2c(F)cccc2n1C. The van der Waals surface area contributed by atoms with Crippen molar-refractivity contribution in [1.82, 2.24) is 14.8 Å². The maximum absolute atomic E-state index is 14.1. The van der Waals surface area contributed by atoms with Crippen LogP contribution in [0.4, 0.5) is 4.39 Å². The molecule has 2 heterocycles. The van der Waals surface area contributed by atoms with Crippen LogP contribution in [0, 0.1) is 12.7 Å². The summed E-state index contributed by atoms with van der Waals surface area (Å²) in [5.41, 5.74) is 2.60. The number of carbonyl (C=O) groups is 1. The van der Waals surface area contributed by atoms with E-state index in [1.807, 2.05) is 24.6 Å². The van der Waals surface area contributed by atoms with E-state index < -0.39 is 5.97 Å². The number of nitrogens with one attached hydrogen (secondary N) is 1. The van der Waals surface area contributed by atoms with Gasteiger partial charge in [-0.3, -0.25) is 5.10 Å². The van der Waals surface area contributed by atoms with Gasteiger partial charge in [-0.25, -0.2) is 9.18 Å². The Bertz CT molecular complexity index is 832. The molecule has 0 amide bonds. The van der Waals surface area contributed by atoms with Crippen molar-refractivity contribution in [2.75, 3.05) is 0 Å². The molecule has 0 unspecified atom stereocenters. The van der Waals surface area contributed by atoms with E-state index in [-0.39, 0.29) is 11.5 Å². The van der Waals surface area contributed by atoms with Gasteiger partial charge < -0.3 is 9.67 Å². The molecule has 102 valence electrons. The molecule has 2 aromatic heterocycles. The molecule has 0 bridgehead atoms. The van der Waals surface area contributed by atoms with Gasteiger partial charge in [-0.2, -0.15) is 5.10 Å². The first kappa shape index (κ1) is 12.4. The van der Waals surface area contributed by atoms with E-state index in [0.29, 0.717) is 16.6 Å². The molecule has 20 heavy (non-hydrogen) atoms. The molecule has 6 heteroatoms. The number of hydrogen-bond acceptors (Lipinski definition) is 2. The molecule has 0 spiro atoms. The van der Waals surface area contributed by atoms with E-state index >= 15 is 0 Å². The summed E-state index contributed by atoms with van der Waals surface area (Å²) in [6, 6.07) is 6.26. The summed E-state index contributed by atoms with van der Waals surface area (Å²) >= 11 is 0. The van der Waals surface area contributed by atoms with Crippen molar-refractivity contribution in [3.8, 4) is 11.3 Å². The molecular weight excluding hydrogens is 261 g/mol. The lowest BCUT2D eigenvalue weighted by molar-refractivity contribution is 0.0690. The predicted molar refractivity (Wildman–Crippen MR) is 72.2 cm³/mol. The van der Waals surface area contributed by atoms with Crippen molar-refractivity contribution < 1.29 is 14.3 Å². The third-order valence-electron chi connectivity index (χ3n) is 3.53. The predicted octanol–water partition coefficient (Wildman–Crippen LogP) is 2.71. The number of halogens is 1. The summed E-state index contributed by atoms with van der Waals surface area (Å²) in [6.07, 6.45) is 0. The molecule has 0 aliphatic rings. The van der Waals surface area contributed by atoms with Crippen LogP contribution in [0.25, 0.3) is 22.2 Å². The second-order valence-corrected chi connectivity index (χ2v) is 4.63. The molecule has 0 saturated carbocycles. The van der Waals surface area contributed by atoms with Gasteiger partial charge in [0.2, 0.25) is 0 Å². The highest BCUT2D eigenvalue weighted by atomic mass is 19.1. The van der Waals surface area contributed by atoms with Crippen LogP contribution in [0.1, 0.15) is 16.2 Å². The number of rotatable bonds is 2. The van der Waals surface area contributed by atoms with E-state index in [1.165, 1.54) is 12.1 Å². The van der Waals surface area contributed by atoms with Gasteiger partial charge in [0.15, 0.2) is 0 Å². The summed E-state index contributed by atoms with van der Waals surface area (Å²) in [5, 5.41) is 15.8. The molecule has 3 aromatic rings. The normalized spacial score (nSPS) is 11.2. The maximum Gasteiger partial charge on any atom is 0.353 e. The highest BCUT2D eigenvalue weighted by Gasteiger charge is 2.20. The minimum Gasteiger partial charge on any atom is -0.477 e. The van der Waals surface area contributed by atoms with Crippen LogP contribution in [0.3, 0.4) is 0 Å². The molecule has 1 aromatic carbocycles. The van der Waals surface area contributed by atoms with E-state index in [4.69, 9.17) is 5.11 Å². The van der Waals surface area contributed by atoms with Crippen LogP contribution in [0.5, 0.6) is 0 Å². The van der Waals surface area contributed by atoms with Crippen LogP contribution in [0.15, 0.2) is 24.3 Å². The third kappa shape index (κ3) is 1.61. The van der Waals surface area contributed by atoms with E-state index in [2.05, 4.69) is 10.2 Å². The van der Waals surface area contributed by atoms with Crippen LogP contribution >= 0.6 is 0 Å². The Morgan fingerprint density at radius 1 is 1.45 bits per heavy atom. The Balaban J connectivity index is 2.35. The van der Waals surface area contributed by atoms with Gasteiger partial charge in [0.05, 0.1) is 11.2 Å². The second-order valence-electron chi connectivity index (χ2n) is 4.63. The number of hydrogen-bond donors (Lipinski definition) is 2. The van der Waals surface area contributed by atoms with E-state index in [1.54, 1.807) is 6.07 Å². The first-order chi connectivity index (χ1) is 9.50. The summed E-state index contributed by atoms with van der Waals surface area (Å²) in [4.78, 5) is 10.9. The van der Waals surface area contributed by atoms with Gasteiger partial charge >= 0.3 is 5.97 Å². The topological polar surface area (TPSA) is 70.9 Å². The van der Waals surface area contributed by atoms with Crippen molar-refractivity contribution in [3.05, 3.63) is 41.5 Å². The molecular formula is C14H12FN3O2. The molecule has 0 fully saturated rings. The first-order valence-electron chi connectivity index (χ1n) is 6.03. The smallest absolute Gasteiger partial charge is 0.353 e. The van der Waals surface area contributed by atoms with Gasteiger partial charge in [-0.05, 0) is 25.1 Å². The van der Waals surface area contributed by atoms with Gasteiger partial charge in [-0.1, -0.05) is 6.07 Å². The number of benzene rings is 1. The third-order valence-corrected chi connectivity index (χ3v) is 3.53. The average Bonchev–Trinajstić information content (AvgIpc) is 2.97. The summed E-state index contributed by atoms with van der Waals surface area (Å²) < 4.78 is 16.0. The van der Waals surface area contributed by atoms with Gasteiger partial charge in [0.1, 0.15) is 11.5 Å². The molecule has 5 nitrogen and oxygen atoms in total. The van der Waals surface area contributed by atoms with Crippen LogP contribution in [0.2, 0.25) is 0 Å². The lowest BCUT2D eigenvalue weighted by Gasteiger charge is -1.98. The highest BCUT2D eigenvalue weighted by molar-refractivity contribution is 5.98. The number of fused-ring (bicyclic) bond motifs is 1. The largest absolute Gasteiger partial charge is 0.477 e. The number of nitrogens with zero attached hydrogens (tertiary/aromatic N) is 2. The fourth-order valence-corrected chi connectivity index (χ4v) is 2.44. The van der Waals surface area contributed by atoms with Crippen LogP contribution in [-0.2, 0) is 7.05 Å². The fourth-order valence-electron chi connectivity index (χ4n) is 2.44. The summed E-state index contributed by atoms with van der Waals surface area (Å²) in [7, 11) is 1.84. The van der Waals surface area contributed by atoms with Crippen molar-refractivity contribution in [2.45, 2.75) is 6.92 Å². The quantitative estimate of drug-likeness (QED) is 0.754. The molecule has 3 rings (SSSR count). The Hall–Kier alpha value is -2.63. The minimum absolute atomic E-state index is 0.0206. The minimum atomic E-state index is -1.10. The number of aromatic amines is 1. The zero-order valence-electron chi connectivity index (χ0n) is 10.9. The Kier molecular flexibility index (Phi) is 2.60. The first-order valence-corrected chi connectivity index (χ1v) is 6.03. The maximum atomic E-state index is 14.1. The monoisotopic (exact) mass is 273 g/mol. The Morgan fingerprint density at radius 3 is 2.85 bits per heavy atom. The number of H-pyrrole nitrogens is 1. The molecule has 0 atom stereocenters. The molecule has 0 radical (unpaired) electrons. The molecule has 0 aliphatic heterocycles. The van der Waals surface area contributed by atoms with Crippen molar-refractivity contribution in [2.24, 2.45) is 7.05 Å². The lowest BCUT2D eigenvalue weighted by Crippen LogP contribution is -1.95. The standard InChI is InChI=1S/C14H12FN3O2/c1-7-12(9-6-10(14(19)20)17-16-9)13-8(15)4-3-5-11(13)18(7)2/h3-6H,1-2H3,(H,16,17)(H,19,20). The summed E-state index contributed by atoms with van der Waals surface area (Å²) in [5.74, 6) is -1.44. The van der Waals surface area contributed by atoms with Crippen molar-refractivity contribution in [3.63, 3.8) is 0 Å². The zero-order chi connectivity index (χ0) is 14.4. The molecule has 0 aliphatic carbocycles. The molecule has 2 N–H and O–H groups in total. The molecule has 0 saturated heterocycles. The van der Waals surface area contributed by atoms with Crippen molar-refractivity contribution in [1.29, 1.82) is 0 Å². The zero-order valence-corrected chi connectivity index (χ0v) is 10.9. The number of aromatic nitrogens is 3. The number of carboxylic acid groups (broad SMARTS) is 1.